The molecule has 4 rings (SSSR count). The SMILES string of the molecule is CN1CCN([C@@H](CNC(=O)C(=O)Nc2ccc3c(c2)OCCO3)c2ccsc2)CC1. The average Bonchev–Trinajstić information content (AvgIpc) is 3.29. The molecule has 160 valence electrons. The highest BCUT2D eigenvalue weighted by atomic mass is 32.1. The van der Waals surface area contributed by atoms with Gasteiger partial charge in [0.2, 0.25) is 0 Å². The Morgan fingerprint density at radius 1 is 1.07 bits per heavy atom. The van der Waals surface area contributed by atoms with Crippen molar-refractivity contribution in [1.29, 1.82) is 0 Å². The molecule has 2 aliphatic rings. The van der Waals surface area contributed by atoms with E-state index in [-0.39, 0.29) is 6.04 Å². The van der Waals surface area contributed by atoms with Crippen molar-refractivity contribution in [3.63, 3.8) is 0 Å². The number of nitrogens with zero attached hydrogens (tertiary/aromatic N) is 2. The van der Waals surface area contributed by atoms with Gasteiger partial charge >= 0.3 is 11.8 Å². The summed E-state index contributed by atoms with van der Waals surface area (Å²) >= 11 is 1.63. The average molecular weight is 431 g/mol. The summed E-state index contributed by atoms with van der Waals surface area (Å²) in [6.07, 6.45) is 0. The Morgan fingerprint density at radius 3 is 2.57 bits per heavy atom. The minimum atomic E-state index is -0.700. The Hall–Kier alpha value is -2.62. The Labute approximate surface area is 179 Å². The first-order valence-electron chi connectivity index (χ1n) is 10.0. The van der Waals surface area contributed by atoms with Gasteiger partial charge in [0.15, 0.2) is 11.5 Å². The van der Waals surface area contributed by atoms with E-state index in [2.05, 4.69) is 38.9 Å². The lowest BCUT2D eigenvalue weighted by Gasteiger charge is -2.37. The van der Waals surface area contributed by atoms with Crippen molar-refractivity contribution in [3.8, 4) is 11.5 Å². The smallest absolute Gasteiger partial charge is 0.313 e. The van der Waals surface area contributed by atoms with Gasteiger partial charge < -0.3 is 25.0 Å². The van der Waals surface area contributed by atoms with E-state index in [9.17, 15) is 9.59 Å². The lowest BCUT2D eigenvalue weighted by molar-refractivity contribution is -0.136. The van der Waals surface area contributed by atoms with Crippen LogP contribution in [0.1, 0.15) is 11.6 Å². The van der Waals surface area contributed by atoms with Gasteiger partial charge in [0.25, 0.3) is 0 Å². The van der Waals surface area contributed by atoms with Crippen LogP contribution in [0.15, 0.2) is 35.0 Å². The van der Waals surface area contributed by atoms with Gasteiger partial charge in [-0.25, -0.2) is 0 Å². The van der Waals surface area contributed by atoms with Crippen molar-refractivity contribution in [2.24, 2.45) is 0 Å². The molecule has 0 bridgehead atoms. The highest BCUT2D eigenvalue weighted by Gasteiger charge is 2.26. The van der Waals surface area contributed by atoms with Crippen molar-refractivity contribution in [3.05, 3.63) is 40.6 Å². The zero-order chi connectivity index (χ0) is 20.9. The quantitative estimate of drug-likeness (QED) is 0.701. The third-order valence-electron chi connectivity index (χ3n) is 5.37. The second kappa shape index (κ2) is 9.46. The van der Waals surface area contributed by atoms with Crippen LogP contribution in [0.2, 0.25) is 0 Å². The molecule has 2 aromatic rings. The third-order valence-corrected chi connectivity index (χ3v) is 6.07. The van der Waals surface area contributed by atoms with Crippen LogP contribution in [0.5, 0.6) is 11.5 Å². The molecule has 8 nitrogen and oxygen atoms in total. The van der Waals surface area contributed by atoms with Crippen LogP contribution in [-0.4, -0.2) is 74.6 Å². The summed E-state index contributed by atoms with van der Waals surface area (Å²) in [4.78, 5) is 29.5. The molecule has 0 aliphatic carbocycles. The van der Waals surface area contributed by atoms with E-state index in [1.165, 1.54) is 0 Å². The number of nitrogens with one attached hydrogen (secondary N) is 2. The molecular formula is C21H26N4O4S. The number of benzene rings is 1. The van der Waals surface area contributed by atoms with E-state index in [4.69, 9.17) is 9.47 Å². The zero-order valence-electron chi connectivity index (χ0n) is 16.9. The van der Waals surface area contributed by atoms with Crippen LogP contribution in [0, 0.1) is 0 Å². The standard InChI is InChI=1S/C21H26N4O4S/c1-24-5-7-25(8-6-24)17(15-4-11-30-14-15)13-22-20(26)21(27)23-16-2-3-18-19(12-16)29-10-9-28-18/h2-4,11-12,14,17H,5-10,13H2,1H3,(H,22,26)(H,23,27)/t17-/m0/s1. The first kappa shape index (κ1) is 20.6. The summed E-state index contributed by atoms with van der Waals surface area (Å²) in [6.45, 7) is 5.17. The Morgan fingerprint density at radius 2 is 1.83 bits per heavy atom. The predicted octanol–water partition coefficient (Wildman–Crippen LogP) is 1.56. The predicted molar refractivity (Wildman–Crippen MR) is 115 cm³/mol. The van der Waals surface area contributed by atoms with Gasteiger partial charge in [0, 0.05) is 44.5 Å². The number of fused-ring (bicyclic) bond motifs is 1. The number of rotatable bonds is 5. The minimum Gasteiger partial charge on any atom is -0.486 e. The number of likely N-dealkylation sites (N-methyl/N-ethyl adjacent to an activating group) is 1. The lowest BCUT2D eigenvalue weighted by atomic mass is 10.1. The molecule has 2 N–H and O–H groups in total. The summed E-state index contributed by atoms with van der Waals surface area (Å²) in [5.74, 6) is -0.158. The summed E-state index contributed by atoms with van der Waals surface area (Å²) in [5.41, 5.74) is 1.66. The maximum absolute atomic E-state index is 12.4. The molecule has 1 aromatic heterocycles. The van der Waals surface area contributed by atoms with Crippen LogP contribution >= 0.6 is 11.3 Å². The van der Waals surface area contributed by atoms with Gasteiger partial charge in [0.1, 0.15) is 13.2 Å². The number of ether oxygens (including phenoxy) is 2. The highest BCUT2D eigenvalue weighted by Crippen LogP contribution is 2.32. The number of carbonyl (C=O) groups excluding carboxylic acids is 2. The van der Waals surface area contributed by atoms with Crippen molar-refractivity contribution in [2.75, 3.05) is 58.3 Å². The number of thiophene rings is 1. The maximum atomic E-state index is 12.4. The number of carbonyl (C=O) groups is 2. The van der Waals surface area contributed by atoms with Crippen molar-refractivity contribution >= 4 is 28.8 Å². The fourth-order valence-electron chi connectivity index (χ4n) is 3.63. The molecule has 1 aromatic carbocycles. The summed E-state index contributed by atoms with van der Waals surface area (Å²) in [7, 11) is 2.11. The Bertz CT molecular complexity index is 881. The second-order valence-electron chi connectivity index (χ2n) is 7.43. The van der Waals surface area contributed by atoms with Crippen molar-refractivity contribution in [2.45, 2.75) is 6.04 Å². The normalized spacial score (nSPS) is 17.9. The third kappa shape index (κ3) is 4.92. The molecule has 2 aliphatic heterocycles. The van der Waals surface area contributed by atoms with E-state index in [1.807, 2.05) is 5.38 Å². The Kier molecular flexibility index (Phi) is 6.51. The molecule has 0 unspecified atom stereocenters. The summed E-state index contributed by atoms with van der Waals surface area (Å²) < 4.78 is 11.0. The van der Waals surface area contributed by atoms with Crippen LogP contribution in [-0.2, 0) is 9.59 Å². The van der Waals surface area contributed by atoms with Crippen LogP contribution < -0.4 is 20.1 Å². The molecule has 2 amide bonds. The van der Waals surface area contributed by atoms with E-state index in [0.717, 1.165) is 31.7 Å². The summed E-state index contributed by atoms with van der Waals surface area (Å²) in [6, 6.07) is 7.21. The molecule has 3 heterocycles. The van der Waals surface area contributed by atoms with Gasteiger partial charge in [-0.3, -0.25) is 14.5 Å². The molecular weight excluding hydrogens is 404 g/mol. The van der Waals surface area contributed by atoms with Gasteiger partial charge in [-0.2, -0.15) is 11.3 Å². The molecule has 1 fully saturated rings. The molecule has 1 saturated heterocycles. The van der Waals surface area contributed by atoms with E-state index in [0.29, 0.717) is 36.9 Å². The van der Waals surface area contributed by atoms with Crippen molar-refractivity contribution in [1.82, 2.24) is 15.1 Å². The molecule has 30 heavy (non-hydrogen) atoms. The van der Waals surface area contributed by atoms with Crippen molar-refractivity contribution < 1.29 is 19.1 Å². The first-order chi connectivity index (χ1) is 14.6. The van der Waals surface area contributed by atoms with E-state index < -0.39 is 11.8 Å². The lowest BCUT2D eigenvalue weighted by Crippen LogP contribution is -2.49. The number of piperazine rings is 1. The highest BCUT2D eigenvalue weighted by molar-refractivity contribution is 7.08. The number of hydrogen-bond acceptors (Lipinski definition) is 7. The monoisotopic (exact) mass is 430 g/mol. The zero-order valence-corrected chi connectivity index (χ0v) is 17.7. The largest absolute Gasteiger partial charge is 0.486 e. The Balaban J connectivity index is 1.35. The van der Waals surface area contributed by atoms with Gasteiger partial charge in [-0.05, 0) is 41.6 Å². The van der Waals surface area contributed by atoms with Gasteiger partial charge in [-0.1, -0.05) is 0 Å². The molecule has 1 atom stereocenters. The van der Waals surface area contributed by atoms with Crippen LogP contribution in [0.4, 0.5) is 5.69 Å². The molecule has 0 spiro atoms. The number of amides is 2. The number of anilines is 1. The van der Waals surface area contributed by atoms with Crippen LogP contribution in [0.25, 0.3) is 0 Å². The molecule has 9 heteroatoms. The van der Waals surface area contributed by atoms with E-state index in [1.54, 1.807) is 29.5 Å². The van der Waals surface area contributed by atoms with Gasteiger partial charge in [-0.15, -0.1) is 0 Å². The fraction of sp³-hybridized carbons (Fsp3) is 0.429. The minimum absolute atomic E-state index is 0.0518. The fourth-order valence-corrected chi connectivity index (χ4v) is 4.34. The van der Waals surface area contributed by atoms with E-state index >= 15 is 0 Å². The van der Waals surface area contributed by atoms with Gasteiger partial charge in [0.05, 0.1) is 6.04 Å². The topological polar surface area (TPSA) is 83.1 Å². The molecule has 0 radical (unpaired) electrons. The van der Waals surface area contributed by atoms with Crippen LogP contribution in [0.3, 0.4) is 0 Å². The molecule has 0 saturated carbocycles. The number of hydrogen-bond donors (Lipinski definition) is 2. The summed E-state index contributed by atoms with van der Waals surface area (Å²) in [5, 5.41) is 9.57. The second-order valence-corrected chi connectivity index (χ2v) is 8.21. The maximum Gasteiger partial charge on any atom is 0.313 e. The first-order valence-corrected chi connectivity index (χ1v) is 11.0.